The Morgan fingerprint density at radius 3 is 2.54 bits per heavy atom. The zero-order valence-electron chi connectivity index (χ0n) is 7.90. The molecule has 0 saturated heterocycles. The Bertz CT molecular complexity index is 320. The largest absolute Gasteiger partial charge is 0.142 e. The molecule has 0 aliphatic rings. The van der Waals surface area contributed by atoms with Crippen LogP contribution < -0.4 is 0 Å². The molecule has 1 heterocycles. The Balaban J connectivity index is 2.91. The molecule has 13 heavy (non-hydrogen) atoms. The summed E-state index contributed by atoms with van der Waals surface area (Å²) >= 11 is 9.91. The third-order valence-electron chi connectivity index (χ3n) is 1.36. The van der Waals surface area contributed by atoms with Gasteiger partial charge in [0.05, 0.1) is 5.02 Å². The summed E-state index contributed by atoms with van der Waals surface area (Å²) in [5, 5.41) is 2.79. The molecular weight excluding hydrogens is 315 g/mol. The fraction of sp³-hybridized carbons (Fsp3) is 0.400. The minimum absolute atomic E-state index is 0.229. The van der Waals surface area contributed by atoms with E-state index in [2.05, 4.69) is 49.4 Å². The molecule has 0 aliphatic carbocycles. The maximum atomic E-state index is 5.86. The van der Waals surface area contributed by atoms with E-state index in [1.807, 2.05) is 11.4 Å². The SMILES string of the molecule is CC(C)(C)/C=C(\I)c1cc(Cl)cs1. The van der Waals surface area contributed by atoms with Gasteiger partial charge in [-0.05, 0) is 34.1 Å². The monoisotopic (exact) mass is 326 g/mol. The van der Waals surface area contributed by atoms with Crippen molar-refractivity contribution in [2.45, 2.75) is 20.8 Å². The molecule has 0 N–H and O–H groups in total. The van der Waals surface area contributed by atoms with Gasteiger partial charge in [-0.15, -0.1) is 11.3 Å². The molecule has 1 rings (SSSR count). The zero-order valence-corrected chi connectivity index (χ0v) is 11.6. The first-order valence-electron chi connectivity index (χ1n) is 4.01. The molecule has 72 valence electrons. The second kappa shape index (κ2) is 4.32. The van der Waals surface area contributed by atoms with Gasteiger partial charge in [0.25, 0.3) is 0 Å². The van der Waals surface area contributed by atoms with Crippen molar-refractivity contribution >= 4 is 49.1 Å². The van der Waals surface area contributed by atoms with Crippen LogP contribution >= 0.6 is 45.5 Å². The van der Waals surface area contributed by atoms with Crippen LogP contribution in [0.1, 0.15) is 25.6 Å². The van der Waals surface area contributed by atoms with Crippen molar-refractivity contribution in [1.82, 2.24) is 0 Å². The van der Waals surface area contributed by atoms with Gasteiger partial charge in [-0.25, -0.2) is 0 Å². The summed E-state index contributed by atoms with van der Waals surface area (Å²) in [6.07, 6.45) is 2.26. The van der Waals surface area contributed by atoms with Gasteiger partial charge in [0.2, 0.25) is 0 Å². The number of rotatable bonds is 1. The van der Waals surface area contributed by atoms with Crippen LogP contribution in [0.25, 0.3) is 3.58 Å². The number of allylic oxidation sites excluding steroid dienone is 1. The van der Waals surface area contributed by atoms with Gasteiger partial charge < -0.3 is 0 Å². The molecule has 0 nitrogen and oxygen atoms in total. The molecule has 0 bridgehead atoms. The predicted octanol–water partition coefficient (Wildman–Crippen LogP) is 5.22. The lowest BCUT2D eigenvalue weighted by Gasteiger charge is -2.12. The second-order valence-corrected chi connectivity index (χ2v) is 6.50. The fourth-order valence-electron chi connectivity index (χ4n) is 0.890. The van der Waals surface area contributed by atoms with Crippen LogP contribution in [0.2, 0.25) is 5.02 Å². The Morgan fingerprint density at radius 1 is 1.54 bits per heavy atom. The third kappa shape index (κ3) is 4.00. The van der Waals surface area contributed by atoms with E-state index in [-0.39, 0.29) is 5.41 Å². The van der Waals surface area contributed by atoms with Crippen molar-refractivity contribution in [2.24, 2.45) is 5.41 Å². The standard InChI is InChI=1S/C10H12ClIS/c1-10(2,3)5-8(12)9-4-7(11)6-13-9/h4-6H,1-3H3/b8-5-. The van der Waals surface area contributed by atoms with Crippen molar-refractivity contribution in [3.63, 3.8) is 0 Å². The van der Waals surface area contributed by atoms with Gasteiger partial charge in [-0.1, -0.05) is 38.4 Å². The minimum Gasteiger partial charge on any atom is -0.142 e. The van der Waals surface area contributed by atoms with Gasteiger partial charge in [0.15, 0.2) is 0 Å². The van der Waals surface area contributed by atoms with E-state index in [4.69, 9.17) is 11.6 Å². The fourth-order valence-corrected chi connectivity index (χ4v) is 3.34. The van der Waals surface area contributed by atoms with E-state index < -0.39 is 0 Å². The molecular formula is C10H12ClIS. The summed E-state index contributed by atoms with van der Waals surface area (Å²) in [6, 6.07) is 2.01. The first-order chi connectivity index (χ1) is 5.88. The first kappa shape index (κ1) is 11.5. The lowest BCUT2D eigenvalue weighted by Crippen LogP contribution is -1.98. The highest BCUT2D eigenvalue weighted by molar-refractivity contribution is 14.1. The number of halogens is 2. The average Bonchev–Trinajstić information content (AvgIpc) is 2.31. The Morgan fingerprint density at radius 2 is 2.15 bits per heavy atom. The van der Waals surface area contributed by atoms with Crippen LogP contribution in [0.4, 0.5) is 0 Å². The number of thiophene rings is 1. The molecule has 0 fully saturated rings. The normalized spacial score (nSPS) is 13.5. The molecule has 0 aromatic carbocycles. The maximum Gasteiger partial charge on any atom is 0.0519 e. The van der Waals surface area contributed by atoms with Crippen molar-refractivity contribution in [1.29, 1.82) is 0 Å². The van der Waals surface area contributed by atoms with Crippen LogP contribution in [0.3, 0.4) is 0 Å². The summed E-state index contributed by atoms with van der Waals surface area (Å²) in [6.45, 7) is 6.59. The van der Waals surface area contributed by atoms with Crippen LogP contribution in [-0.4, -0.2) is 0 Å². The Kier molecular flexibility index (Phi) is 3.83. The van der Waals surface area contributed by atoms with Gasteiger partial charge in [0, 0.05) is 13.8 Å². The van der Waals surface area contributed by atoms with Crippen LogP contribution in [-0.2, 0) is 0 Å². The molecule has 0 radical (unpaired) electrons. The van der Waals surface area contributed by atoms with Crippen LogP contribution in [0, 0.1) is 5.41 Å². The molecule has 0 aliphatic heterocycles. The van der Waals surface area contributed by atoms with Gasteiger partial charge in [-0.3, -0.25) is 0 Å². The van der Waals surface area contributed by atoms with E-state index in [0.717, 1.165) is 5.02 Å². The number of hydrogen-bond donors (Lipinski definition) is 0. The summed E-state index contributed by atoms with van der Waals surface area (Å²) in [5.74, 6) is 0. The minimum atomic E-state index is 0.229. The Hall–Kier alpha value is 0.460. The van der Waals surface area contributed by atoms with Crippen LogP contribution in [0.15, 0.2) is 17.5 Å². The lowest BCUT2D eigenvalue weighted by molar-refractivity contribution is 0.547. The van der Waals surface area contributed by atoms with E-state index in [1.165, 1.54) is 8.46 Å². The van der Waals surface area contributed by atoms with E-state index >= 15 is 0 Å². The second-order valence-electron chi connectivity index (χ2n) is 3.99. The Labute approximate surface area is 102 Å². The molecule has 0 amide bonds. The summed E-state index contributed by atoms with van der Waals surface area (Å²) < 4.78 is 1.28. The highest BCUT2D eigenvalue weighted by Crippen LogP contribution is 2.33. The summed E-state index contributed by atoms with van der Waals surface area (Å²) in [7, 11) is 0. The zero-order chi connectivity index (χ0) is 10.1. The van der Waals surface area contributed by atoms with Gasteiger partial charge >= 0.3 is 0 Å². The molecule has 1 aromatic heterocycles. The van der Waals surface area contributed by atoms with E-state index in [1.54, 1.807) is 11.3 Å². The molecule has 1 aromatic rings. The van der Waals surface area contributed by atoms with E-state index in [9.17, 15) is 0 Å². The maximum absolute atomic E-state index is 5.86. The molecule has 0 atom stereocenters. The van der Waals surface area contributed by atoms with Crippen molar-refractivity contribution in [3.8, 4) is 0 Å². The van der Waals surface area contributed by atoms with E-state index in [0.29, 0.717) is 0 Å². The summed E-state index contributed by atoms with van der Waals surface area (Å²) in [4.78, 5) is 1.25. The van der Waals surface area contributed by atoms with Gasteiger partial charge in [0.1, 0.15) is 0 Å². The molecule has 0 unspecified atom stereocenters. The topological polar surface area (TPSA) is 0 Å². The van der Waals surface area contributed by atoms with Gasteiger partial charge in [-0.2, -0.15) is 0 Å². The highest BCUT2D eigenvalue weighted by Gasteiger charge is 2.09. The molecule has 0 saturated carbocycles. The van der Waals surface area contributed by atoms with Crippen molar-refractivity contribution in [2.75, 3.05) is 0 Å². The third-order valence-corrected chi connectivity index (χ3v) is 3.93. The van der Waals surface area contributed by atoms with Crippen LogP contribution in [0.5, 0.6) is 0 Å². The first-order valence-corrected chi connectivity index (χ1v) is 6.35. The molecule has 3 heteroatoms. The van der Waals surface area contributed by atoms with Crippen molar-refractivity contribution in [3.05, 3.63) is 27.4 Å². The quantitative estimate of drug-likeness (QED) is 0.620. The average molecular weight is 327 g/mol. The highest BCUT2D eigenvalue weighted by atomic mass is 127. The smallest absolute Gasteiger partial charge is 0.0519 e. The number of hydrogen-bond acceptors (Lipinski definition) is 1. The predicted molar refractivity (Wildman–Crippen MR) is 70.8 cm³/mol. The summed E-state index contributed by atoms with van der Waals surface area (Å²) in [5.41, 5.74) is 0.229. The molecule has 0 spiro atoms. The lowest BCUT2D eigenvalue weighted by atomic mass is 9.96. The van der Waals surface area contributed by atoms with Crippen molar-refractivity contribution < 1.29 is 0 Å².